The Kier molecular flexibility index (Phi) is 4.06. The molecule has 0 spiro atoms. The molecule has 0 N–H and O–H groups in total. The minimum atomic E-state index is 0.0559. The predicted molar refractivity (Wildman–Crippen MR) is 99.7 cm³/mol. The quantitative estimate of drug-likeness (QED) is 0.727. The van der Waals surface area contributed by atoms with Crippen LogP contribution in [0.25, 0.3) is 22.0 Å². The Morgan fingerprint density at radius 2 is 1.84 bits per heavy atom. The summed E-state index contributed by atoms with van der Waals surface area (Å²) in [6.45, 7) is 3.68. The molecule has 128 valence electrons. The number of benzene rings is 2. The number of carbonyl (C=O) groups excluding carboxylic acids is 1. The Morgan fingerprint density at radius 1 is 1.08 bits per heavy atom. The average Bonchev–Trinajstić information content (AvgIpc) is 2.97. The highest BCUT2D eigenvalue weighted by Crippen LogP contribution is 2.38. The lowest BCUT2D eigenvalue weighted by molar-refractivity contribution is 0.0715. The van der Waals surface area contributed by atoms with Crippen LogP contribution >= 0.6 is 0 Å². The first-order valence-electron chi connectivity index (χ1n) is 8.75. The summed E-state index contributed by atoms with van der Waals surface area (Å²) in [6, 6.07) is 16.6. The van der Waals surface area contributed by atoms with Crippen LogP contribution in [-0.4, -0.2) is 35.6 Å². The van der Waals surface area contributed by atoms with Gasteiger partial charge in [-0.15, -0.1) is 0 Å². The van der Waals surface area contributed by atoms with Crippen LogP contribution in [0, 0.1) is 0 Å². The van der Waals surface area contributed by atoms with Gasteiger partial charge < -0.3 is 14.2 Å². The zero-order valence-electron chi connectivity index (χ0n) is 14.7. The Balaban J connectivity index is 2.10. The first-order valence-corrected chi connectivity index (χ1v) is 8.75. The molecule has 3 aromatic rings. The number of rotatable bonds is 3. The molecule has 4 nitrogen and oxygen atoms in total. The molecule has 1 aromatic heterocycles. The van der Waals surface area contributed by atoms with Crippen molar-refractivity contribution in [3.8, 4) is 11.1 Å². The second-order valence-corrected chi connectivity index (χ2v) is 6.42. The normalized spacial score (nSPS) is 14.2. The molecule has 4 rings (SSSR count). The van der Waals surface area contributed by atoms with Crippen molar-refractivity contribution in [1.29, 1.82) is 0 Å². The number of ether oxygens (including phenoxy) is 1. The van der Waals surface area contributed by atoms with Crippen LogP contribution in [0.15, 0.2) is 48.5 Å². The maximum atomic E-state index is 13.2. The number of aromatic nitrogens is 1. The number of likely N-dealkylation sites (N-methyl/N-ethyl adjacent to an activating group) is 1. The van der Waals surface area contributed by atoms with Gasteiger partial charge in [0.05, 0.1) is 5.52 Å². The van der Waals surface area contributed by atoms with Crippen LogP contribution in [0.5, 0.6) is 0 Å². The number of fused-ring (bicyclic) bond motifs is 5. The van der Waals surface area contributed by atoms with Crippen LogP contribution in [0.1, 0.15) is 23.0 Å². The Morgan fingerprint density at radius 3 is 2.68 bits per heavy atom. The standard InChI is InChI=1S/C21H22N2O2/c1-3-25-14-23-18-11-7-6-10-17(18)19-16-9-5-4-8-15(16)12-13-22(2)21(24)20(19)23/h4-11H,3,12-14H2,1-2H3. The summed E-state index contributed by atoms with van der Waals surface area (Å²) in [5, 5.41) is 1.10. The van der Waals surface area contributed by atoms with Gasteiger partial charge >= 0.3 is 0 Å². The highest BCUT2D eigenvalue weighted by Gasteiger charge is 2.28. The van der Waals surface area contributed by atoms with Crippen molar-refractivity contribution in [2.24, 2.45) is 0 Å². The van der Waals surface area contributed by atoms with E-state index >= 15 is 0 Å². The molecule has 1 amide bonds. The number of nitrogens with zero attached hydrogens (tertiary/aromatic N) is 2. The lowest BCUT2D eigenvalue weighted by Gasteiger charge is -2.24. The second-order valence-electron chi connectivity index (χ2n) is 6.42. The Bertz CT molecular complexity index is 942. The Labute approximate surface area is 147 Å². The van der Waals surface area contributed by atoms with Crippen molar-refractivity contribution >= 4 is 16.8 Å². The fourth-order valence-corrected chi connectivity index (χ4v) is 3.67. The molecule has 0 unspecified atom stereocenters. The van der Waals surface area contributed by atoms with Gasteiger partial charge in [0.15, 0.2) is 0 Å². The fraction of sp³-hybridized carbons (Fsp3) is 0.286. The summed E-state index contributed by atoms with van der Waals surface area (Å²) in [7, 11) is 1.88. The van der Waals surface area contributed by atoms with Crippen molar-refractivity contribution in [2.45, 2.75) is 20.1 Å². The van der Waals surface area contributed by atoms with Crippen molar-refractivity contribution in [3.05, 3.63) is 59.8 Å². The highest BCUT2D eigenvalue weighted by molar-refractivity contribution is 6.11. The minimum Gasteiger partial charge on any atom is -0.361 e. The fourth-order valence-electron chi connectivity index (χ4n) is 3.67. The number of hydrogen-bond acceptors (Lipinski definition) is 2. The van der Waals surface area contributed by atoms with Gasteiger partial charge in [0.25, 0.3) is 5.91 Å². The van der Waals surface area contributed by atoms with E-state index in [0.717, 1.165) is 34.1 Å². The van der Waals surface area contributed by atoms with E-state index in [1.165, 1.54) is 5.56 Å². The molecule has 0 aliphatic carbocycles. The monoisotopic (exact) mass is 334 g/mol. The van der Waals surface area contributed by atoms with Gasteiger partial charge in [-0.05, 0) is 30.5 Å². The second kappa shape index (κ2) is 6.37. The number of amides is 1. The maximum Gasteiger partial charge on any atom is 0.270 e. The summed E-state index contributed by atoms with van der Waals surface area (Å²) >= 11 is 0. The minimum absolute atomic E-state index is 0.0559. The topological polar surface area (TPSA) is 34.5 Å². The SMILES string of the molecule is CCOCn1c2c(c3ccccc31)-c1ccccc1CCN(C)C2=O. The van der Waals surface area contributed by atoms with Gasteiger partial charge in [0.2, 0.25) is 0 Å². The molecule has 1 aliphatic heterocycles. The molecular formula is C21H22N2O2. The molecule has 0 saturated heterocycles. The van der Waals surface area contributed by atoms with Gasteiger partial charge in [0, 0.05) is 31.1 Å². The lowest BCUT2D eigenvalue weighted by Crippen LogP contribution is -2.32. The third kappa shape index (κ3) is 2.53. The third-order valence-corrected chi connectivity index (χ3v) is 4.95. The van der Waals surface area contributed by atoms with E-state index < -0.39 is 0 Å². The molecular weight excluding hydrogens is 312 g/mol. The van der Waals surface area contributed by atoms with E-state index in [2.05, 4.69) is 30.3 Å². The van der Waals surface area contributed by atoms with Crippen molar-refractivity contribution in [3.63, 3.8) is 0 Å². The van der Waals surface area contributed by atoms with E-state index in [0.29, 0.717) is 19.9 Å². The molecule has 2 aromatic carbocycles. The zero-order valence-corrected chi connectivity index (χ0v) is 14.7. The van der Waals surface area contributed by atoms with Gasteiger partial charge in [-0.3, -0.25) is 4.79 Å². The number of para-hydroxylation sites is 1. The first kappa shape index (κ1) is 15.9. The predicted octanol–water partition coefficient (Wildman–Crippen LogP) is 3.93. The lowest BCUT2D eigenvalue weighted by atomic mass is 9.93. The summed E-state index contributed by atoms with van der Waals surface area (Å²) in [5.41, 5.74) is 5.24. The van der Waals surface area contributed by atoms with E-state index in [1.807, 2.05) is 41.6 Å². The molecule has 4 heteroatoms. The van der Waals surface area contributed by atoms with Crippen LogP contribution in [0.4, 0.5) is 0 Å². The van der Waals surface area contributed by atoms with Crippen molar-refractivity contribution < 1.29 is 9.53 Å². The summed E-state index contributed by atoms with van der Waals surface area (Å²) in [6.07, 6.45) is 0.864. The van der Waals surface area contributed by atoms with Crippen LogP contribution in [0.3, 0.4) is 0 Å². The molecule has 25 heavy (non-hydrogen) atoms. The molecule has 0 fully saturated rings. The molecule has 0 atom stereocenters. The largest absolute Gasteiger partial charge is 0.361 e. The molecule has 0 saturated carbocycles. The van der Waals surface area contributed by atoms with E-state index in [4.69, 9.17) is 4.74 Å². The van der Waals surface area contributed by atoms with Gasteiger partial charge in [-0.2, -0.15) is 0 Å². The van der Waals surface area contributed by atoms with Crippen LogP contribution in [0.2, 0.25) is 0 Å². The summed E-state index contributed by atoms with van der Waals surface area (Å²) < 4.78 is 7.71. The van der Waals surface area contributed by atoms with Crippen molar-refractivity contribution in [2.75, 3.05) is 20.2 Å². The molecule has 2 heterocycles. The first-order chi connectivity index (χ1) is 12.2. The van der Waals surface area contributed by atoms with E-state index in [1.54, 1.807) is 0 Å². The zero-order chi connectivity index (χ0) is 17.4. The molecule has 0 bridgehead atoms. The summed E-state index contributed by atoms with van der Waals surface area (Å²) in [4.78, 5) is 15.0. The molecule has 0 radical (unpaired) electrons. The van der Waals surface area contributed by atoms with Crippen LogP contribution in [-0.2, 0) is 17.9 Å². The summed E-state index contributed by atoms with van der Waals surface area (Å²) in [5.74, 6) is 0.0559. The Hall–Kier alpha value is -2.59. The number of hydrogen-bond donors (Lipinski definition) is 0. The van der Waals surface area contributed by atoms with Crippen LogP contribution < -0.4 is 0 Å². The van der Waals surface area contributed by atoms with Crippen molar-refractivity contribution in [1.82, 2.24) is 9.47 Å². The average molecular weight is 334 g/mol. The smallest absolute Gasteiger partial charge is 0.270 e. The third-order valence-electron chi connectivity index (χ3n) is 4.95. The highest BCUT2D eigenvalue weighted by atomic mass is 16.5. The van der Waals surface area contributed by atoms with Gasteiger partial charge in [0.1, 0.15) is 12.4 Å². The number of carbonyl (C=O) groups is 1. The van der Waals surface area contributed by atoms with E-state index in [9.17, 15) is 4.79 Å². The maximum absolute atomic E-state index is 13.2. The van der Waals surface area contributed by atoms with E-state index in [-0.39, 0.29) is 5.91 Å². The van der Waals surface area contributed by atoms with Gasteiger partial charge in [-0.25, -0.2) is 0 Å². The van der Waals surface area contributed by atoms with Gasteiger partial charge in [-0.1, -0.05) is 42.5 Å². The molecule has 1 aliphatic rings.